The molecule has 3 rings (SSSR count). The first-order chi connectivity index (χ1) is 12.5. The Morgan fingerprint density at radius 3 is 2.77 bits per heavy atom. The van der Waals surface area contributed by atoms with Crippen molar-refractivity contribution in [2.24, 2.45) is 0 Å². The lowest BCUT2D eigenvalue weighted by molar-refractivity contribution is -0.118. The minimum atomic E-state index is -2.98. The van der Waals surface area contributed by atoms with E-state index in [1.807, 2.05) is 6.07 Å². The van der Waals surface area contributed by atoms with Crippen LogP contribution in [0.2, 0.25) is 0 Å². The van der Waals surface area contributed by atoms with Crippen LogP contribution in [0.5, 0.6) is 11.5 Å². The molecule has 0 bridgehead atoms. The van der Waals surface area contributed by atoms with Gasteiger partial charge in [0.05, 0.1) is 11.8 Å². The Labute approximate surface area is 149 Å². The predicted molar refractivity (Wildman–Crippen MR) is 91.5 cm³/mol. The molecule has 1 unspecified atom stereocenters. The summed E-state index contributed by atoms with van der Waals surface area (Å²) in [7, 11) is 0. The Morgan fingerprint density at radius 1 is 1.19 bits per heavy atom. The van der Waals surface area contributed by atoms with Crippen molar-refractivity contribution in [3.05, 3.63) is 53.6 Å². The average Bonchev–Trinajstić information content (AvgIpc) is 2.62. The molecule has 2 aromatic carbocycles. The minimum absolute atomic E-state index is 0.115. The Hall–Kier alpha value is -2.67. The molecular formula is C19H19F2NO4. The zero-order valence-electron chi connectivity index (χ0n) is 14.0. The minimum Gasteiger partial charge on any atom is -0.483 e. The van der Waals surface area contributed by atoms with Crippen LogP contribution in [0.15, 0.2) is 42.5 Å². The van der Waals surface area contributed by atoms with Gasteiger partial charge in [0, 0.05) is 0 Å². The highest BCUT2D eigenvalue weighted by molar-refractivity contribution is 5.93. The number of fused-ring (bicyclic) bond motifs is 1. The van der Waals surface area contributed by atoms with E-state index in [-0.39, 0.29) is 18.0 Å². The number of aliphatic hydroxyl groups excluding tert-OH is 1. The fraction of sp³-hybridized carbons (Fsp3) is 0.316. The SMILES string of the molecule is O=C(COc1cccc2c1CCCC2O)Nc1ccccc1OC(F)F. The number of aliphatic hydroxyl groups is 1. The van der Waals surface area contributed by atoms with Crippen LogP contribution in [0.1, 0.15) is 30.1 Å². The van der Waals surface area contributed by atoms with E-state index in [0.29, 0.717) is 12.2 Å². The van der Waals surface area contributed by atoms with Gasteiger partial charge in [-0.25, -0.2) is 0 Å². The molecule has 2 aromatic rings. The van der Waals surface area contributed by atoms with Gasteiger partial charge in [-0.3, -0.25) is 4.79 Å². The molecule has 0 radical (unpaired) electrons. The number of amides is 1. The quantitative estimate of drug-likeness (QED) is 0.822. The molecule has 0 aromatic heterocycles. The number of hydrogen-bond donors (Lipinski definition) is 2. The molecule has 1 atom stereocenters. The maximum absolute atomic E-state index is 12.4. The Balaban J connectivity index is 1.65. The Kier molecular flexibility index (Phi) is 5.68. The standard InChI is InChI=1S/C19H19F2NO4/c20-19(21)26-17-9-2-1-7-14(17)22-18(24)11-25-16-10-4-5-12-13(16)6-3-8-15(12)23/h1-2,4-5,7,9-10,15,19,23H,3,6,8,11H2,(H,22,24). The highest BCUT2D eigenvalue weighted by Crippen LogP contribution is 2.35. The molecule has 0 spiro atoms. The number of carbonyl (C=O) groups excluding carboxylic acids is 1. The van der Waals surface area contributed by atoms with Gasteiger partial charge in [0.1, 0.15) is 11.5 Å². The van der Waals surface area contributed by atoms with Crippen LogP contribution in [0.3, 0.4) is 0 Å². The van der Waals surface area contributed by atoms with Crippen molar-refractivity contribution >= 4 is 11.6 Å². The zero-order chi connectivity index (χ0) is 18.5. The number of para-hydroxylation sites is 2. The van der Waals surface area contributed by atoms with E-state index in [2.05, 4.69) is 10.1 Å². The third-order valence-corrected chi connectivity index (χ3v) is 4.17. The maximum atomic E-state index is 12.4. The lowest BCUT2D eigenvalue weighted by Crippen LogP contribution is -2.22. The van der Waals surface area contributed by atoms with Gasteiger partial charge in [0.15, 0.2) is 6.61 Å². The molecule has 0 saturated carbocycles. The summed E-state index contributed by atoms with van der Waals surface area (Å²) in [6.45, 7) is -3.26. The molecule has 0 fully saturated rings. The summed E-state index contributed by atoms with van der Waals surface area (Å²) >= 11 is 0. The highest BCUT2D eigenvalue weighted by atomic mass is 19.3. The van der Waals surface area contributed by atoms with Gasteiger partial charge in [-0.1, -0.05) is 24.3 Å². The van der Waals surface area contributed by atoms with Gasteiger partial charge in [-0.15, -0.1) is 0 Å². The van der Waals surface area contributed by atoms with Crippen LogP contribution >= 0.6 is 0 Å². The molecule has 0 aliphatic heterocycles. The molecule has 5 nitrogen and oxygen atoms in total. The van der Waals surface area contributed by atoms with E-state index >= 15 is 0 Å². The topological polar surface area (TPSA) is 67.8 Å². The van der Waals surface area contributed by atoms with Gasteiger partial charge in [-0.05, 0) is 48.6 Å². The van der Waals surface area contributed by atoms with Crippen molar-refractivity contribution in [1.82, 2.24) is 0 Å². The second kappa shape index (κ2) is 8.14. The van der Waals surface area contributed by atoms with Crippen molar-refractivity contribution in [3.63, 3.8) is 0 Å². The number of nitrogens with one attached hydrogen (secondary N) is 1. The summed E-state index contributed by atoms with van der Waals surface area (Å²) in [5.74, 6) is -0.0612. The largest absolute Gasteiger partial charge is 0.483 e. The number of alkyl halides is 2. The summed E-state index contributed by atoms with van der Waals surface area (Å²) < 4.78 is 34.8. The number of benzene rings is 2. The van der Waals surface area contributed by atoms with Gasteiger partial charge in [0.25, 0.3) is 5.91 Å². The third-order valence-electron chi connectivity index (χ3n) is 4.17. The fourth-order valence-electron chi connectivity index (χ4n) is 3.02. The van der Waals surface area contributed by atoms with Crippen LogP contribution in [-0.4, -0.2) is 24.2 Å². The first kappa shape index (κ1) is 18.1. The molecule has 1 aliphatic carbocycles. The number of hydrogen-bond acceptors (Lipinski definition) is 4. The van der Waals surface area contributed by atoms with Crippen molar-refractivity contribution < 1.29 is 28.2 Å². The fourth-order valence-corrected chi connectivity index (χ4v) is 3.02. The number of carbonyl (C=O) groups is 1. The van der Waals surface area contributed by atoms with Gasteiger partial charge in [-0.2, -0.15) is 8.78 Å². The third kappa shape index (κ3) is 4.29. The van der Waals surface area contributed by atoms with Crippen LogP contribution in [-0.2, 0) is 11.2 Å². The second-order valence-electron chi connectivity index (χ2n) is 5.94. The molecule has 0 saturated heterocycles. The second-order valence-corrected chi connectivity index (χ2v) is 5.94. The monoisotopic (exact) mass is 363 g/mol. The first-order valence-electron chi connectivity index (χ1n) is 8.31. The van der Waals surface area contributed by atoms with Gasteiger partial charge < -0.3 is 19.9 Å². The lowest BCUT2D eigenvalue weighted by atomic mass is 9.89. The highest BCUT2D eigenvalue weighted by Gasteiger charge is 2.21. The Morgan fingerprint density at radius 2 is 1.96 bits per heavy atom. The van der Waals surface area contributed by atoms with Crippen LogP contribution < -0.4 is 14.8 Å². The average molecular weight is 363 g/mol. The normalized spacial score (nSPS) is 16.1. The zero-order valence-corrected chi connectivity index (χ0v) is 14.0. The molecule has 1 aliphatic rings. The number of anilines is 1. The smallest absolute Gasteiger partial charge is 0.387 e. The van der Waals surface area contributed by atoms with Crippen LogP contribution in [0, 0.1) is 0 Å². The number of rotatable bonds is 6. The van der Waals surface area contributed by atoms with Crippen LogP contribution in [0.4, 0.5) is 14.5 Å². The number of ether oxygens (including phenoxy) is 2. The summed E-state index contributed by atoms with van der Waals surface area (Å²) in [6.07, 6.45) is 1.81. The molecule has 2 N–H and O–H groups in total. The van der Waals surface area contributed by atoms with E-state index in [1.165, 1.54) is 18.2 Å². The summed E-state index contributed by atoms with van der Waals surface area (Å²) in [5.41, 5.74) is 1.87. The molecule has 26 heavy (non-hydrogen) atoms. The maximum Gasteiger partial charge on any atom is 0.387 e. The number of halogens is 2. The van der Waals surface area contributed by atoms with Crippen molar-refractivity contribution in [1.29, 1.82) is 0 Å². The van der Waals surface area contributed by atoms with Gasteiger partial charge >= 0.3 is 6.61 Å². The molecule has 1 amide bonds. The molecular weight excluding hydrogens is 344 g/mol. The Bertz CT molecular complexity index is 782. The van der Waals surface area contributed by atoms with Gasteiger partial charge in [0.2, 0.25) is 0 Å². The van der Waals surface area contributed by atoms with E-state index < -0.39 is 18.6 Å². The van der Waals surface area contributed by atoms with Crippen molar-refractivity contribution in [2.75, 3.05) is 11.9 Å². The van der Waals surface area contributed by atoms with E-state index in [4.69, 9.17) is 4.74 Å². The molecule has 0 heterocycles. The summed E-state index contributed by atoms with van der Waals surface area (Å²) in [5, 5.41) is 12.6. The van der Waals surface area contributed by atoms with Crippen LogP contribution in [0.25, 0.3) is 0 Å². The molecule has 7 heteroatoms. The van der Waals surface area contributed by atoms with E-state index in [0.717, 1.165) is 24.0 Å². The van der Waals surface area contributed by atoms with Crippen molar-refractivity contribution in [2.45, 2.75) is 32.0 Å². The lowest BCUT2D eigenvalue weighted by Gasteiger charge is -2.23. The summed E-state index contributed by atoms with van der Waals surface area (Å²) in [4.78, 5) is 12.1. The van der Waals surface area contributed by atoms with E-state index in [9.17, 15) is 18.7 Å². The van der Waals surface area contributed by atoms with E-state index in [1.54, 1.807) is 18.2 Å². The molecule has 138 valence electrons. The first-order valence-corrected chi connectivity index (χ1v) is 8.31. The van der Waals surface area contributed by atoms with Crippen molar-refractivity contribution in [3.8, 4) is 11.5 Å². The predicted octanol–water partition coefficient (Wildman–Crippen LogP) is 3.68. The summed E-state index contributed by atoms with van der Waals surface area (Å²) in [6, 6.07) is 11.3.